The van der Waals surface area contributed by atoms with Crippen molar-refractivity contribution in [1.82, 2.24) is 14.5 Å². The summed E-state index contributed by atoms with van der Waals surface area (Å²) in [5, 5.41) is 6.15. The van der Waals surface area contributed by atoms with E-state index in [-0.39, 0.29) is 34.6 Å². The molecule has 4 rings (SSSR count). The number of anilines is 1. The van der Waals surface area contributed by atoms with Gasteiger partial charge in [0.2, 0.25) is 10.0 Å². The Bertz CT molecular complexity index is 1450. The van der Waals surface area contributed by atoms with Crippen LogP contribution in [0.15, 0.2) is 71.6 Å². The molecule has 38 heavy (non-hydrogen) atoms. The fraction of sp³-hybridized carbons (Fsp3) is 0.200. The molecule has 13 heteroatoms. The molecular weight excluding hydrogens is 573 g/mol. The lowest BCUT2D eigenvalue weighted by atomic mass is 10.1. The standard InChI is InChI=1S/C25H24Cl3N5O4S/c26-18-4-6-19(7-5-18)31-25(35)32-10-11-33(38(36,37)20-8-9-21(27)22(28)13-20)24(32)23(34)30-15-17-3-1-2-16(12-17)14-29/h1-9,12-13,24H,10-11,14-15,29H2,(H,30,34)(H,31,35). The van der Waals surface area contributed by atoms with E-state index < -0.39 is 28.1 Å². The third-order valence-electron chi connectivity index (χ3n) is 5.91. The zero-order valence-electron chi connectivity index (χ0n) is 19.9. The van der Waals surface area contributed by atoms with Crippen LogP contribution in [0.25, 0.3) is 0 Å². The molecule has 1 unspecified atom stereocenters. The molecule has 1 aliphatic heterocycles. The lowest BCUT2D eigenvalue weighted by Gasteiger charge is -2.29. The van der Waals surface area contributed by atoms with Gasteiger partial charge in [0.25, 0.3) is 5.91 Å². The number of sulfonamides is 1. The predicted octanol–water partition coefficient (Wildman–Crippen LogP) is 4.29. The van der Waals surface area contributed by atoms with Crippen LogP contribution in [0, 0.1) is 0 Å². The molecule has 9 nitrogen and oxygen atoms in total. The second-order valence-electron chi connectivity index (χ2n) is 8.44. The van der Waals surface area contributed by atoms with Gasteiger partial charge in [-0.25, -0.2) is 13.2 Å². The predicted molar refractivity (Wildman–Crippen MR) is 147 cm³/mol. The summed E-state index contributed by atoms with van der Waals surface area (Å²) in [5.41, 5.74) is 7.79. The first-order chi connectivity index (χ1) is 18.1. The Labute approximate surface area is 235 Å². The van der Waals surface area contributed by atoms with E-state index in [4.69, 9.17) is 40.5 Å². The van der Waals surface area contributed by atoms with Gasteiger partial charge in [0.1, 0.15) is 0 Å². The molecule has 3 amide bonds. The maximum Gasteiger partial charge on any atom is 0.323 e. The van der Waals surface area contributed by atoms with Crippen molar-refractivity contribution in [2.45, 2.75) is 24.2 Å². The van der Waals surface area contributed by atoms with Crippen molar-refractivity contribution in [3.63, 3.8) is 0 Å². The summed E-state index contributed by atoms with van der Waals surface area (Å²) in [7, 11) is -4.24. The Morgan fingerprint density at radius 1 is 0.921 bits per heavy atom. The van der Waals surface area contributed by atoms with Crippen molar-refractivity contribution in [2.24, 2.45) is 5.73 Å². The van der Waals surface area contributed by atoms with Gasteiger partial charge in [-0.2, -0.15) is 4.31 Å². The molecule has 3 aromatic carbocycles. The van der Waals surface area contributed by atoms with Gasteiger partial charge in [-0.1, -0.05) is 59.1 Å². The third kappa shape index (κ3) is 6.23. The fourth-order valence-corrected chi connectivity index (χ4v) is 6.05. The quantitative estimate of drug-likeness (QED) is 0.375. The number of carbonyl (C=O) groups excluding carboxylic acids is 2. The topological polar surface area (TPSA) is 125 Å². The molecule has 3 aromatic rings. The third-order valence-corrected chi connectivity index (χ3v) is 8.75. The summed E-state index contributed by atoms with van der Waals surface area (Å²) < 4.78 is 28.2. The van der Waals surface area contributed by atoms with Gasteiger partial charge < -0.3 is 16.4 Å². The molecule has 1 atom stereocenters. The Kier molecular flexibility index (Phi) is 8.81. The van der Waals surface area contributed by atoms with E-state index in [1.165, 1.54) is 18.2 Å². The highest BCUT2D eigenvalue weighted by atomic mass is 35.5. The summed E-state index contributed by atoms with van der Waals surface area (Å²) in [6.07, 6.45) is -1.46. The normalized spacial score (nSPS) is 15.9. The average molecular weight is 597 g/mol. The summed E-state index contributed by atoms with van der Waals surface area (Å²) in [6, 6.07) is 16.9. The molecule has 0 spiro atoms. The van der Waals surface area contributed by atoms with Crippen LogP contribution in [0.3, 0.4) is 0 Å². The molecule has 1 aliphatic rings. The smallest absolute Gasteiger partial charge is 0.323 e. The van der Waals surface area contributed by atoms with Crippen molar-refractivity contribution < 1.29 is 18.0 Å². The lowest BCUT2D eigenvalue weighted by Crippen LogP contribution is -2.54. The van der Waals surface area contributed by atoms with Crippen LogP contribution in [0.4, 0.5) is 10.5 Å². The number of amides is 3. The van der Waals surface area contributed by atoms with E-state index in [0.717, 1.165) is 20.3 Å². The van der Waals surface area contributed by atoms with E-state index in [1.807, 2.05) is 24.3 Å². The van der Waals surface area contributed by atoms with Crippen LogP contribution in [0.5, 0.6) is 0 Å². The number of hydrogen-bond acceptors (Lipinski definition) is 5. The molecule has 4 N–H and O–H groups in total. The first-order valence-electron chi connectivity index (χ1n) is 11.5. The number of nitrogens with two attached hydrogens (primary N) is 1. The highest BCUT2D eigenvalue weighted by Gasteiger charge is 2.46. The second-order valence-corrected chi connectivity index (χ2v) is 11.6. The van der Waals surface area contributed by atoms with Crippen molar-refractivity contribution in [3.8, 4) is 0 Å². The lowest BCUT2D eigenvalue weighted by molar-refractivity contribution is -0.127. The van der Waals surface area contributed by atoms with Gasteiger partial charge in [-0.15, -0.1) is 0 Å². The molecule has 1 heterocycles. The molecule has 0 bridgehead atoms. The minimum atomic E-state index is -4.24. The number of hydrogen-bond donors (Lipinski definition) is 3. The van der Waals surface area contributed by atoms with Crippen LogP contribution >= 0.6 is 34.8 Å². The van der Waals surface area contributed by atoms with Crippen LogP contribution in [0.2, 0.25) is 15.1 Å². The molecule has 0 aromatic heterocycles. The van der Waals surface area contributed by atoms with Gasteiger partial charge >= 0.3 is 6.03 Å². The van der Waals surface area contributed by atoms with Gasteiger partial charge in [-0.3, -0.25) is 9.69 Å². The minimum absolute atomic E-state index is 0.0271. The van der Waals surface area contributed by atoms with Crippen LogP contribution in [-0.4, -0.2) is 48.8 Å². The molecule has 0 saturated carbocycles. The monoisotopic (exact) mass is 595 g/mol. The van der Waals surface area contributed by atoms with Crippen LogP contribution in [-0.2, 0) is 27.9 Å². The molecular formula is C25H24Cl3N5O4S. The van der Waals surface area contributed by atoms with E-state index in [1.54, 1.807) is 24.3 Å². The van der Waals surface area contributed by atoms with Crippen molar-refractivity contribution in [3.05, 3.63) is 92.9 Å². The zero-order valence-corrected chi connectivity index (χ0v) is 23.0. The zero-order chi connectivity index (χ0) is 27.4. The Morgan fingerprint density at radius 3 is 2.32 bits per heavy atom. The number of halogens is 3. The highest BCUT2D eigenvalue weighted by molar-refractivity contribution is 7.89. The molecule has 200 valence electrons. The van der Waals surface area contributed by atoms with Gasteiger partial charge in [0.05, 0.1) is 14.9 Å². The SMILES string of the molecule is NCc1cccc(CNC(=O)C2N(C(=O)Nc3ccc(Cl)cc3)CCN2S(=O)(=O)c2ccc(Cl)c(Cl)c2)c1. The maximum atomic E-state index is 13.6. The van der Waals surface area contributed by atoms with E-state index in [0.29, 0.717) is 17.3 Å². The summed E-state index contributed by atoms with van der Waals surface area (Å²) >= 11 is 17.9. The molecule has 1 saturated heterocycles. The molecule has 0 aliphatic carbocycles. The number of rotatable bonds is 7. The van der Waals surface area contributed by atoms with Crippen molar-refractivity contribution in [1.29, 1.82) is 0 Å². The van der Waals surface area contributed by atoms with E-state index in [2.05, 4.69) is 10.6 Å². The summed E-state index contributed by atoms with van der Waals surface area (Å²) in [4.78, 5) is 27.7. The highest BCUT2D eigenvalue weighted by Crippen LogP contribution is 2.30. The summed E-state index contributed by atoms with van der Waals surface area (Å²) in [6.45, 7) is 0.299. The number of nitrogens with one attached hydrogen (secondary N) is 2. The Hall–Kier alpha value is -2.86. The van der Waals surface area contributed by atoms with Gasteiger partial charge in [0, 0.05) is 36.9 Å². The fourth-order valence-electron chi connectivity index (χ4n) is 3.99. The largest absolute Gasteiger partial charge is 0.349 e. The minimum Gasteiger partial charge on any atom is -0.349 e. The van der Waals surface area contributed by atoms with Crippen molar-refractivity contribution >= 4 is 62.5 Å². The molecule has 1 fully saturated rings. The maximum absolute atomic E-state index is 13.6. The number of carbonyl (C=O) groups is 2. The van der Waals surface area contributed by atoms with E-state index >= 15 is 0 Å². The van der Waals surface area contributed by atoms with Crippen LogP contribution < -0.4 is 16.4 Å². The Morgan fingerprint density at radius 2 is 1.63 bits per heavy atom. The number of nitrogens with zero attached hydrogens (tertiary/aromatic N) is 2. The molecule has 0 radical (unpaired) electrons. The second kappa shape index (κ2) is 11.9. The van der Waals surface area contributed by atoms with Gasteiger partial charge in [0.15, 0.2) is 6.17 Å². The van der Waals surface area contributed by atoms with E-state index in [9.17, 15) is 18.0 Å². The summed E-state index contributed by atoms with van der Waals surface area (Å²) in [5.74, 6) is -0.671. The average Bonchev–Trinajstić information content (AvgIpc) is 3.37. The first-order valence-corrected chi connectivity index (χ1v) is 14.0. The van der Waals surface area contributed by atoms with Crippen molar-refractivity contribution in [2.75, 3.05) is 18.4 Å². The number of benzene rings is 3. The van der Waals surface area contributed by atoms with Gasteiger partial charge in [-0.05, 0) is 53.6 Å². The number of urea groups is 1. The first kappa shape index (κ1) is 28.2. The van der Waals surface area contributed by atoms with Crippen LogP contribution in [0.1, 0.15) is 11.1 Å². The Balaban J connectivity index is 1.62.